The summed E-state index contributed by atoms with van der Waals surface area (Å²) < 4.78 is 43.2. The van der Waals surface area contributed by atoms with E-state index < -0.39 is 29.3 Å². The standard InChI is InChI=1S/C12H16F3N3O2/c1-11(2,3)20-10(19)18(4)7-5-8(12(13,14)15)9(16)17-6-7/h5-6H,1-4H3,(H2,16,17). The Kier molecular flexibility index (Phi) is 4.16. The molecule has 0 radical (unpaired) electrons. The first-order valence-corrected chi connectivity index (χ1v) is 5.71. The van der Waals surface area contributed by atoms with Crippen LogP contribution >= 0.6 is 0 Å². The van der Waals surface area contributed by atoms with E-state index in [2.05, 4.69) is 4.98 Å². The summed E-state index contributed by atoms with van der Waals surface area (Å²) in [5, 5.41) is 0. The number of ether oxygens (including phenoxy) is 1. The molecule has 1 amide bonds. The Morgan fingerprint density at radius 1 is 1.35 bits per heavy atom. The zero-order valence-electron chi connectivity index (χ0n) is 11.6. The van der Waals surface area contributed by atoms with E-state index in [0.717, 1.165) is 17.2 Å². The highest BCUT2D eigenvalue weighted by Gasteiger charge is 2.34. The van der Waals surface area contributed by atoms with E-state index in [-0.39, 0.29) is 5.69 Å². The summed E-state index contributed by atoms with van der Waals surface area (Å²) in [4.78, 5) is 16.2. The number of carbonyl (C=O) groups is 1. The fourth-order valence-corrected chi connectivity index (χ4v) is 1.31. The Hall–Kier alpha value is -1.99. The fraction of sp³-hybridized carbons (Fsp3) is 0.500. The number of alkyl halides is 3. The topological polar surface area (TPSA) is 68.5 Å². The second kappa shape index (κ2) is 5.18. The summed E-state index contributed by atoms with van der Waals surface area (Å²) in [7, 11) is 1.29. The van der Waals surface area contributed by atoms with E-state index in [4.69, 9.17) is 10.5 Å². The number of nitrogens with zero attached hydrogens (tertiary/aromatic N) is 2. The number of pyridine rings is 1. The van der Waals surface area contributed by atoms with Crippen LogP contribution in [0.5, 0.6) is 0 Å². The summed E-state index contributed by atoms with van der Waals surface area (Å²) in [6, 6.07) is 0.756. The third-order valence-electron chi connectivity index (χ3n) is 2.26. The van der Waals surface area contributed by atoms with Crippen molar-refractivity contribution in [3.63, 3.8) is 0 Å². The predicted octanol–water partition coefficient (Wildman–Crippen LogP) is 3.05. The van der Waals surface area contributed by atoms with Crippen molar-refractivity contribution < 1.29 is 22.7 Å². The molecule has 2 N–H and O–H groups in total. The average molecular weight is 291 g/mol. The SMILES string of the molecule is CN(C(=O)OC(C)(C)C)c1cnc(N)c(C(F)(F)F)c1. The highest BCUT2D eigenvalue weighted by Crippen LogP contribution is 2.34. The van der Waals surface area contributed by atoms with Crippen molar-refractivity contribution in [3.05, 3.63) is 17.8 Å². The maximum absolute atomic E-state index is 12.7. The van der Waals surface area contributed by atoms with Gasteiger partial charge in [-0.3, -0.25) is 4.90 Å². The number of halogens is 3. The van der Waals surface area contributed by atoms with Crippen LogP contribution in [0.4, 0.5) is 29.5 Å². The molecule has 1 aromatic heterocycles. The van der Waals surface area contributed by atoms with Gasteiger partial charge in [-0.15, -0.1) is 0 Å². The first kappa shape index (κ1) is 16.1. The van der Waals surface area contributed by atoms with Crippen LogP contribution in [0.1, 0.15) is 26.3 Å². The van der Waals surface area contributed by atoms with Gasteiger partial charge in [0.05, 0.1) is 17.4 Å². The molecule has 112 valence electrons. The van der Waals surface area contributed by atoms with Gasteiger partial charge in [0.15, 0.2) is 0 Å². The quantitative estimate of drug-likeness (QED) is 0.863. The van der Waals surface area contributed by atoms with Crippen molar-refractivity contribution in [1.82, 2.24) is 4.98 Å². The minimum absolute atomic E-state index is 0.0548. The fourth-order valence-electron chi connectivity index (χ4n) is 1.31. The summed E-state index contributed by atoms with van der Waals surface area (Å²) in [6.07, 6.45) is -4.34. The largest absolute Gasteiger partial charge is 0.443 e. The molecule has 5 nitrogen and oxygen atoms in total. The summed E-state index contributed by atoms with van der Waals surface area (Å²) in [5.41, 5.74) is 3.29. The lowest BCUT2D eigenvalue weighted by Crippen LogP contribution is -2.34. The molecule has 1 aromatic rings. The van der Waals surface area contributed by atoms with Crippen LogP contribution < -0.4 is 10.6 Å². The number of hydrogen-bond donors (Lipinski definition) is 1. The van der Waals surface area contributed by atoms with Gasteiger partial charge < -0.3 is 10.5 Å². The van der Waals surface area contributed by atoms with Crippen molar-refractivity contribution in [1.29, 1.82) is 0 Å². The number of rotatable bonds is 1. The molecule has 0 unspecified atom stereocenters. The van der Waals surface area contributed by atoms with Crippen LogP contribution in [-0.2, 0) is 10.9 Å². The lowest BCUT2D eigenvalue weighted by atomic mass is 10.2. The van der Waals surface area contributed by atoms with E-state index >= 15 is 0 Å². The molecule has 0 atom stereocenters. The Morgan fingerprint density at radius 3 is 2.35 bits per heavy atom. The van der Waals surface area contributed by atoms with Gasteiger partial charge in [-0.05, 0) is 26.8 Å². The predicted molar refractivity (Wildman–Crippen MR) is 68.3 cm³/mol. The minimum Gasteiger partial charge on any atom is -0.443 e. The molecule has 0 bridgehead atoms. The number of carbonyl (C=O) groups excluding carboxylic acids is 1. The number of hydrogen-bond acceptors (Lipinski definition) is 4. The Labute approximate surface area is 114 Å². The molecule has 8 heteroatoms. The molecule has 0 saturated carbocycles. The lowest BCUT2D eigenvalue weighted by Gasteiger charge is -2.25. The van der Waals surface area contributed by atoms with Gasteiger partial charge in [0, 0.05) is 7.05 Å². The number of anilines is 2. The van der Waals surface area contributed by atoms with E-state index in [9.17, 15) is 18.0 Å². The molecule has 0 spiro atoms. The van der Waals surface area contributed by atoms with Crippen molar-refractivity contribution in [2.75, 3.05) is 17.7 Å². The van der Waals surface area contributed by atoms with Gasteiger partial charge in [0.25, 0.3) is 0 Å². The van der Waals surface area contributed by atoms with Crippen LogP contribution in [0.2, 0.25) is 0 Å². The van der Waals surface area contributed by atoms with Gasteiger partial charge in [-0.2, -0.15) is 13.2 Å². The Bertz CT molecular complexity index is 510. The minimum atomic E-state index is -4.64. The van der Waals surface area contributed by atoms with E-state index in [1.807, 2.05) is 0 Å². The maximum Gasteiger partial charge on any atom is 0.420 e. The first-order valence-electron chi connectivity index (χ1n) is 5.71. The van der Waals surface area contributed by atoms with Crippen LogP contribution in [0.3, 0.4) is 0 Å². The van der Waals surface area contributed by atoms with Gasteiger partial charge in [-0.1, -0.05) is 0 Å². The Morgan fingerprint density at radius 2 is 1.90 bits per heavy atom. The van der Waals surface area contributed by atoms with E-state index in [0.29, 0.717) is 0 Å². The summed E-state index contributed by atoms with van der Waals surface area (Å²) >= 11 is 0. The zero-order valence-corrected chi connectivity index (χ0v) is 11.6. The molecule has 0 saturated heterocycles. The molecule has 20 heavy (non-hydrogen) atoms. The number of nitrogens with two attached hydrogens (primary N) is 1. The summed E-state index contributed by atoms with van der Waals surface area (Å²) in [5.74, 6) is -0.640. The monoisotopic (exact) mass is 291 g/mol. The summed E-state index contributed by atoms with van der Waals surface area (Å²) in [6.45, 7) is 4.96. The molecular weight excluding hydrogens is 275 g/mol. The molecule has 0 aliphatic heterocycles. The number of nitrogen functional groups attached to an aromatic ring is 1. The van der Waals surface area contributed by atoms with E-state index in [1.54, 1.807) is 20.8 Å². The van der Waals surface area contributed by atoms with E-state index in [1.165, 1.54) is 7.05 Å². The van der Waals surface area contributed by atoms with Gasteiger partial charge in [-0.25, -0.2) is 9.78 Å². The molecule has 0 fully saturated rings. The number of amides is 1. The smallest absolute Gasteiger partial charge is 0.420 e. The molecule has 1 rings (SSSR count). The van der Waals surface area contributed by atoms with Gasteiger partial charge in [0.2, 0.25) is 0 Å². The van der Waals surface area contributed by atoms with Crippen molar-refractivity contribution in [2.24, 2.45) is 0 Å². The zero-order chi connectivity index (χ0) is 15.7. The molecule has 0 aliphatic carbocycles. The molecule has 0 aromatic carbocycles. The molecule has 0 aliphatic rings. The lowest BCUT2D eigenvalue weighted by molar-refractivity contribution is -0.137. The van der Waals surface area contributed by atoms with Gasteiger partial charge in [0.1, 0.15) is 11.4 Å². The third kappa shape index (κ3) is 4.01. The average Bonchev–Trinajstić information content (AvgIpc) is 2.24. The molecular formula is C12H16F3N3O2. The van der Waals surface area contributed by atoms with Crippen molar-refractivity contribution in [2.45, 2.75) is 32.5 Å². The van der Waals surface area contributed by atoms with Crippen molar-refractivity contribution in [3.8, 4) is 0 Å². The highest BCUT2D eigenvalue weighted by molar-refractivity contribution is 5.87. The van der Waals surface area contributed by atoms with Crippen LogP contribution in [0, 0.1) is 0 Å². The normalized spacial score (nSPS) is 12.2. The molecule has 1 heterocycles. The highest BCUT2D eigenvalue weighted by atomic mass is 19.4. The van der Waals surface area contributed by atoms with Crippen molar-refractivity contribution >= 4 is 17.6 Å². The number of aromatic nitrogens is 1. The van der Waals surface area contributed by atoms with Crippen LogP contribution in [0.15, 0.2) is 12.3 Å². The van der Waals surface area contributed by atoms with Crippen LogP contribution in [0.25, 0.3) is 0 Å². The third-order valence-corrected chi connectivity index (χ3v) is 2.26. The second-order valence-corrected chi connectivity index (χ2v) is 5.16. The second-order valence-electron chi connectivity index (χ2n) is 5.16. The maximum atomic E-state index is 12.7. The Balaban J connectivity index is 3.06. The van der Waals surface area contributed by atoms with Crippen LogP contribution in [-0.4, -0.2) is 23.7 Å². The van der Waals surface area contributed by atoms with Gasteiger partial charge >= 0.3 is 12.3 Å². The first-order chi connectivity index (χ1) is 8.92.